The molecule has 4 N–H and O–H groups in total. The van der Waals surface area contributed by atoms with E-state index in [-0.39, 0.29) is 23.2 Å². The van der Waals surface area contributed by atoms with E-state index in [1.165, 1.54) is 12.4 Å². The lowest BCUT2D eigenvalue weighted by atomic mass is 10.1. The van der Waals surface area contributed by atoms with Crippen LogP contribution in [0.5, 0.6) is 5.75 Å². The first kappa shape index (κ1) is 22.5. The van der Waals surface area contributed by atoms with Gasteiger partial charge in [-0.2, -0.15) is 0 Å². The molecule has 1 atom stereocenters. The molecule has 10 heteroatoms. The van der Waals surface area contributed by atoms with Crippen molar-refractivity contribution in [2.45, 2.75) is 25.4 Å². The normalized spacial score (nSPS) is 16.2. The second-order valence-corrected chi connectivity index (χ2v) is 7.60. The van der Waals surface area contributed by atoms with E-state index in [2.05, 4.69) is 20.6 Å². The van der Waals surface area contributed by atoms with E-state index in [0.717, 1.165) is 56.6 Å². The molecule has 0 aliphatic carbocycles. The van der Waals surface area contributed by atoms with Gasteiger partial charge < -0.3 is 21.1 Å². The smallest absolute Gasteiger partial charge is 0.276 e. The lowest BCUT2D eigenvalue weighted by molar-refractivity contribution is 0.102. The molecular weight excluding hydrogens is 435 g/mol. The number of aromatic nitrogens is 2. The number of nitrogens with zero attached hydrogens (tertiary/aromatic N) is 2. The van der Waals surface area contributed by atoms with Crippen LogP contribution in [0.15, 0.2) is 42.7 Å². The van der Waals surface area contributed by atoms with Crippen LogP contribution in [0.2, 0.25) is 0 Å². The Balaban J connectivity index is 1.62. The number of carbonyl (C=O) groups is 1. The Hall–Kier alpha value is -3.66. The number of nitrogens with one attached hydrogen (secondary N) is 2. The first-order valence-electron chi connectivity index (χ1n) is 10.5. The molecule has 1 aromatic carbocycles. The Morgan fingerprint density at radius 2 is 1.91 bits per heavy atom. The summed E-state index contributed by atoms with van der Waals surface area (Å²) in [6.07, 6.45) is 5.51. The Kier molecular flexibility index (Phi) is 6.74. The number of pyridine rings is 2. The predicted octanol–water partition coefficient (Wildman–Crippen LogP) is 3.92. The molecule has 1 unspecified atom stereocenters. The number of rotatable bonds is 5. The first-order chi connectivity index (χ1) is 15.9. The van der Waals surface area contributed by atoms with Crippen LogP contribution in [0, 0.1) is 17.5 Å². The summed E-state index contributed by atoms with van der Waals surface area (Å²) in [4.78, 5) is 20.8. The van der Waals surface area contributed by atoms with Gasteiger partial charge in [0.15, 0.2) is 11.5 Å². The molecule has 0 saturated carbocycles. The number of ether oxygens (including phenoxy) is 1. The average molecular weight is 457 g/mol. The molecule has 0 bridgehead atoms. The predicted molar refractivity (Wildman–Crippen MR) is 117 cm³/mol. The quantitative estimate of drug-likeness (QED) is 0.537. The average Bonchev–Trinajstić information content (AvgIpc) is 3.05. The van der Waals surface area contributed by atoms with Gasteiger partial charge in [-0.15, -0.1) is 0 Å². The molecule has 33 heavy (non-hydrogen) atoms. The zero-order valence-electron chi connectivity index (χ0n) is 17.6. The van der Waals surface area contributed by atoms with E-state index in [1.807, 2.05) is 0 Å². The summed E-state index contributed by atoms with van der Waals surface area (Å²) in [5, 5.41) is 5.91. The molecule has 1 saturated heterocycles. The van der Waals surface area contributed by atoms with Crippen LogP contribution in [-0.2, 0) is 0 Å². The molecule has 1 fully saturated rings. The third kappa shape index (κ3) is 5.06. The van der Waals surface area contributed by atoms with Gasteiger partial charge in [0.2, 0.25) is 0 Å². The van der Waals surface area contributed by atoms with E-state index in [1.54, 1.807) is 6.07 Å². The highest BCUT2D eigenvalue weighted by Gasteiger charge is 2.23. The van der Waals surface area contributed by atoms with Crippen LogP contribution in [0.25, 0.3) is 11.3 Å². The van der Waals surface area contributed by atoms with Crippen LogP contribution < -0.4 is 21.1 Å². The fraction of sp³-hybridized carbons (Fsp3) is 0.261. The van der Waals surface area contributed by atoms with Gasteiger partial charge in [-0.25, -0.2) is 18.2 Å². The molecule has 1 aliphatic rings. The molecule has 4 rings (SSSR count). The Morgan fingerprint density at radius 3 is 2.70 bits per heavy atom. The van der Waals surface area contributed by atoms with E-state index >= 15 is 0 Å². The van der Waals surface area contributed by atoms with Crippen molar-refractivity contribution in [1.82, 2.24) is 15.3 Å². The monoisotopic (exact) mass is 457 g/mol. The number of hydrogen-bond donors (Lipinski definition) is 3. The second kappa shape index (κ2) is 9.86. The highest BCUT2D eigenvalue weighted by molar-refractivity contribution is 6.07. The first-order valence-corrected chi connectivity index (χ1v) is 10.5. The molecule has 1 amide bonds. The molecule has 0 spiro atoms. The Labute approximate surface area is 188 Å². The van der Waals surface area contributed by atoms with Gasteiger partial charge in [0.1, 0.15) is 34.9 Å². The molecule has 172 valence electrons. The fourth-order valence-electron chi connectivity index (χ4n) is 3.63. The van der Waals surface area contributed by atoms with Gasteiger partial charge in [-0.05, 0) is 44.5 Å². The zero-order valence-corrected chi connectivity index (χ0v) is 17.6. The van der Waals surface area contributed by atoms with Crippen molar-refractivity contribution in [3.8, 4) is 17.0 Å². The summed E-state index contributed by atoms with van der Waals surface area (Å²) in [7, 11) is 0. The highest BCUT2D eigenvalue weighted by atomic mass is 19.1. The second-order valence-electron chi connectivity index (χ2n) is 7.60. The maximum atomic E-state index is 14.5. The van der Waals surface area contributed by atoms with Crippen molar-refractivity contribution in [2.75, 3.05) is 24.1 Å². The molecule has 1 aliphatic heterocycles. The molecule has 2 aromatic heterocycles. The van der Waals surface area contributed by atoms with Crippen molar-refractivity contribution in [1.29, 1.82) is 0 Å². The Bertz CT molecular complexity index is 1150. The minimum absolute atomic E-state index is 0.0392. The number of amides is 1. The summed E-state index contributed by atoms with van der Waals surface area (Å²) in [6.45, 7) is 1.74. The van der Waals surface area contributed by atoms with Crippen molar-refractivity contribution in [3.05, 3.63) is 65.9 Å². The number of benzene rings is 1. The maximum absolute atomic E-state index is 14.5. The molecule has 0 radical (unpaired) electrons. The molecular formula is C23H22F3N5O2. The standard InChI is InChI=1S/C23H22F3N5O2/c24-14-4-1-5-15(25)20(14)21-16(26)11-17(27)22(31-21)23(32)30-18-12-29-10-7-19(18)33-13-3-2-8-28-9-6-13/h1,4-5,7,10-13,28H,2-3,6,8-9,27H2,(H,30,32). The van der Waals surface area contributed by atoms with E-state index in [4.69, 9.17) is 10.5 Å². The van der Waals surface area contributed by atoms with Crippen LogP contribution in [0.1, 0.15) is 29.8 Å². The van der Waals surface area contributed by atoms with Crippen molar-refractivity contribution >= 4 is 17.3 Å². The molecule has 3 heterocycles. The van der Waals surface area contributed by atoms with Crippen molar-refractivity contribution < 1.29 is 22.7 Å². The van der Waals surface area contributed by atoms with Crippen LogP contribution in [-0.4, -0.2) is 35.1 Å². The number of anilines is 2. The number of halogens is 3. The minimum atomic E-state index is -1.06. The third-order valence-corrected chi connectivity index (χ3v) is 5.27. The van der Waals surface area contributed by atoms with Crippen LogP contribution >= 0.6 is 0 Å². The van der Waals surface area contributed by atoms with Gasteiger partial charge in [0.05, 0.1) is 17.4 Å². The summed E-state index contributed by atoms with van der Waals surface area (Å²) < 4.78 is 48.9. The Morgan fingerprint density at radius 1 is 1.12 bits per heavy atom. The van der Waals surface area contributed by atoms with Gasteiger partial charge in [-0.3, -0.25) is 9.78 Å². The summed E-state index contributed by atoms with van der Waals surface area (Å²) >= 11 is 0. The SMILES string of the molecule is Nc1cc(F)c(-c2c(F)cccc2F)nc1C(=O)Nc1cnccc1OC1CCCNCC1. The largest absolute Gasteiger partial charge is 0.488 e. The highest BCUT2D eigenvalue weighted by Crippen LogP contribution is 2.30. The van der Waals surface area contributed by atoms with Crippen molar-refractivity contribution in [3.63, 3.8) is 0 Å². The summed E-state index contributed by atoms with van der Waals surface area (Å²) in [5.74, 6) is -3.48. The topological polar surface area (TPSA) is 102 Å². The number of carbonyl (C=O) groups excluding carboxylic acids is 1. The van der Waals surface area contributed by atoms with Gasteiger partial charge in [-0.1, -0.05) is 6.07 Å². The molecule has 3 aromatic rings. The van der Waals surface area contributed by atoms with E-state index < -0.39 is 34.6 Å². The van der Waals surface area contributed by atoms with Gasteiger partial charge in [0.25, 0.3) is 5.91 Å². The minimum Gasteiger partial charge on any atom is -0.488 e. The van der Waals surface area contributed by atoms with Crippen LogP contribution in [0.4, 0.5) is 24.5 Å². The van der Waals surface area contributed by atoms with Gasteiger partial charge >= 0.3 is 0 Å². The summed E-state index contributed by atoms with van der Waals surface area (Å²) in [5.41, 5.74) is 4.06. The number of nitrogen functional groups attached to an aromatic ring is 1. The maximum Gasteiger partial charge on any atom is 0.276 e. The zero-order chi connectivity index (χ0) is 23.4. The summed E-state index contributed by atoms with van der Waals surface area (Å²) in [6, 6.07) is 5.51. The van der Waals surface area contributed by atoms with Crippen LogP contribution in [0.3, 0.4) is 0 Å². The number of nitrogens with two attached hydrogens (primary N) is 1. The lowest BCUT2D eigenvalue weighted by Crippen LogP contribution is -2.21. The fourth-order valence-corrected chi connectivity index (χ4v) is 3.63. The third-order valence-electron chi connectivity index (χ3n) is 5.27. The molecule has 7 nitrogen and oxygen atoms in total. The number of hydrogen-bond acceptors (Lipinski definition) is 6. The lowest BCUT2D eigenvalue weighted by Gasteiger charge is -2.19. The van der Waals surface area contributed by atoms with E-state index in [0.29, 0.717) is 5.75 Å². The van der Waals surface area contributed by atoms with E-state index in [9.17, 15) is 18.0 Å². The van der Waals surface area contributed by atoms with Crippen molar-refractivity contribution in [2.24, 2.45) is 0 Å². The van der Waals surface area contributed by atoms with Gasteiger partial charge in [0, 0.05) is 18.3 Å².